The van der Waals surface area contributed by atoms with Crippen molar-refractivity contribution in [3.8, 4) is 0 Å². The summed E-state index contributed by atoms with van der Waals surface area (Å²) in [6.45, 7) is 3.06. The third-order valence-electron chi connectivity index (χ3n) is 1.53. The van der Waals surface area contributed by atoms with Crippen molar-refractivity contribution in [2.24, 2.45) is 0 Å². The highest BCUT2D eigenvalue weighted by molar-refractivity contribution is 7.84. The van der Waals surface area contributed by atoms with Crippen molar-refractivity contribution in [1.82, 2.24) is 4.72 Å². The molecule has 0 aromatic rings. The topological polar surface area (TPSA) is 72.2 Å². The van der Waals surface area contributed by atoms with E-state index in [0.29, 0.717) is 0 Å². The van der Waals surface area contributed by atoms with Crippen LogP contribution in [0.15, 0.2) is 0 Å². The molecule has 16 heavy (non-hydrogen) atoms. The van der Waals surface area contributed by atoms with Gasteiger partial charge in [-0.05, 0) is 20.8 Å². The molecule has 0 amide bonds. The Morgan fingerprint density at radius 1 is 1.38 bits per heavy atom. The van der Waals surface area contributed by atoms with Gasteiger partial charge in [0.2, 0.25) is 6.54 Å². The first-order valence-corrected chi connectivity index (χ1v) is 5.46. The summed E-state index contributed by atoms with van der Waals surface area (Å²) in [5, 5.41) is 10.1. The molecule has 0 saturated heterocycles. The fourth-order valence-corrected chi connectivity index (χ4v) is 1.48. The van der Waals surface area contributed by atoms with E-state index in [4.69, 9.17) is 0 Å². The average Bonchev–Trinajstić information content (AvgIpc) is 1.98. The number of nitro groups is 1. The molecular formula is C7H13F3N2O3S. The first-order valence-electron chi connectivity index (χ1n) is 4.31. The van der Waals surface area contributed by atoms with Gasteiger partial charge < -0.3 is 0 Å². The number of hydrogen-bond donors (Lipinski definition) is 1. The van der Waals surface area contributed by atoms with Crippen molar-refractivity contribution < 1.29 is 22.3 Å². The molecule has 0 saturated carbocycles. The second-order valence-electron chi connectivity index (χ2n) is 4.11. The van der Waals surface area contributed by atoms with Crippen molar-refractivity contribution in [2.45, 2.75) is 37.7 Å². The van der Waals surface area contributed by atoms with Gasteiger partial charge in [-0.2, -0.15) is 13.2 Å². The van der Waals surface area contributed by atoms with Crippen LogP contribution in [0.3, 0.4) is 0 Å². The maximum Gasteiger partial charge on any atom is 0.411 e. The lowest BCUT2D eigenvalue weighted by Gasteiger charge is -2.23. The fourth-order valence-electron chi connectivity index (χ4n) is 0.663. The molecule has 1 N–H and O–H groups in total. The monoisotopic (exact) mass is 262 g/mol. The summed E-state index contributed by atoms with van der Waals surface area (Å²) >= 11 is 0. The molecule has 0 aliphatic rings. The van der Waals surface area contributed by atoms with Crippen LogP contribution in [0.25, 0.3) is 0 Å². The fraction of sp³-hybridized carbons (Fsp3) is 1.00. The zero-order valence-electron chi connectivity index (χ0n) is 9.00. The molecule has 0 aliphatic heterocycles. The molecule has 2 atom stereocenters. The molecule has 1 unspecified atom stereocenters. The minimum Gasteiger partial charge on any atom is -0.264 e. The van der Waals surface area contributed by atoms with Gasteiger partial charge >= 0.3 is 6.18 Å². The Morgan fingerprint density at radius 2 is 1.81 bits per heavy atom. The Hall–Kier alpha value is -0.700. The van der Waals surface area contributed by atoms with Crippen LogP contribution < -0.4 is 4.72 Å². The van der Waals surface area contributed by atoms with Crippen LogP contribution in [-0.4, -0.2) is 32.6 Å². The van der Waals surface area contributed by atoms with Crippen LogP contribution in [0, 0.1) is 10.1 Å². The molecule has 0 heterocycles. The van der Waals surface area contributed by atoms with E-state index in [1.807, 2.05) is 0 Å². The van der Waals surface area contributed by atoms with Gasteiger partial charge in [-0.3, -0.25) is 10.1 Å². The first-order chi connectivity index (χ1) is 6.94. The minimum atomic E-state index is -4.80. The smallest absolute Gasteiger partial charge is 0.264 e. The van der Waals surface area contributed by atoms with E-state index < -0.39 is 39.4 Å². The van der Waals surface area contributed by atoms with E-state index in [0.717, 1.165) is 0 Å². The Balaban J connectivity index is 4.70. The van der Waals surface area contributed by atoms with Crippen molar-refractivity contribution in [2.75, 3.05) is 6.54 Å². The van der Waals surface area contributed by atoms with E-state index >= 15 is 0 Å². The average molecular weight is 262 g/mol. The molecule has 0 spiro atoms. The molecule has 0 aliphatic carbocycles. The van der Waals surface area contributed by atoms with Crippen LogP contribution in [0.2, 0.25) is 0 Å². The predicted octanol–water partition coefficient (Wildman–Crippen LogP) is 1.25. The van der Waals surface area contributed by atoms with Crippen LogP contribution in [0.5, 0.6) is 0 Å². The van der Waals surface area contributed by atoms with Gasteiger partial charge in [0.15, 0.2) is 6.04 Å². The lowest BCUT2D eigenvalue weighted by atomic mass is 10.3. The molecule has 0 aromatic heterocycles. The van der Waals surface area contributed by atoms with Gasteiger partial charge in [-0.15, -0.1) is 0 Å². The van der Waals surface area contributed by atoms with E-state index in [1.165, 1.54) is 20.8 Å². The lowest BCUT2D eigenvalue weighted by Crippen LogP contribution is -2.50. The molecular weight excluding hydrogens is 249 g/mol. The number of hydrogen-bond acceptors (Lipinski definition) is 3. The van der Waals surface area contributed by atoms with Crippen LogP contribution in [0.1, 0.15) is 20.8 Å². The van der Waals surface area contributed by atoms with Crippen molar-refractivity contribution in [3.63, 3.8) is 0 Å². The summed E-state index contributed by atoms with van der Waals surface area (Å²) in [4.78, 5) is 8.96. The van der Waals surface area contributed by atoms with Crippen LogP contribution in [-0.2, 0) is 11.0 Å². The highest BCUT2D eigenvalue weighted by Crippen LogP contribution is 2.22. The minimum absolute atomic E-state index is 0.917. The summed E-state index contributed by atoms with van der Waals surface area (Å²) in [6, 6.07) is -2.40. The lowest BCUT2D eigenvalue weighted by molar-refractivity contribution is -0.490. The standard InChI is InChI=1S/C7H13F3N2O3S/c1-6(2,3)16(15)11-5(4-12(13)14)7(8,9)10/h5,11H,4H2,1-3H3/t5?,16-/m1/s1. The third kappa shape index (κ3) is 5.40. The van der Waals surface area contributed by atoms with E-state index in [1.54, 1.807) is 4.72 Å². The van der Waals surface area contributed by atoms with Crippen molar-refractivity contribution in [1.29, 1.82) is 0 Å². The zero-order chi connectivity index (χ0) is 13.1. The maximum absolute atomic E-state index is 12.3. The molecule has 0 rings (SSSR count). The molecule has 96 valence electrons. The van der Waals surface area contributed by atoms with Gasteiger partial charge in [-0.1, -0.05) is 0 Å². The largest absolute Gasteiger partial charge is 0.411 e. The third-order valence-corrected chi connectivity index (χ3v) is 3.14. The van der Waals surface area contributed by atoms with Crippen molar-refractivity contribution in [3.05, 3.63) is 10.1 Å². The number of alkyl halides is 3. The summed E-state index contributed by atoms with van der Waals surface area (Å²) in [5.41, 5.74) is 0. The quantitative estimate of drug-likeness (QED) is 0.612. The number of rotatable bonds is 4. The van der Waals surface area contributed by atoms with Gasteiger partial charge in [0.1, 0.15) is 0 Å². The Bertz CT molecular complexity index is 288. The van der Waals surface area contributed by atoms with Gasteiger partial charge in [0, 0.05) is 4.92 Å². The molecule has 5 nitrogen and oxygen atoms in total. The number of halogens is 3. The zero-order valence-corrected chi connectivity index (χ0v) is 9.82. The SMILES string of the molecule is CC(C)(C)[S@@](=O)NC(C[N+](=O)[O-])C(F)(F)F. The molecule has 0 radical (unpaired) electrons. The molecule has 0 aromatic carbocycles. The maximum atomic E-state index is 12.3. The van der Waals surface area contributed by atoms with Gasteiger partial charge in [0.25, 0.3) is 0 Å². The van der Waals surface area contributed by atoms with Crippen LogP contribution >= 0.6 is 0 Å². The second-order valence-corrected chi connectivity index (χ2v) is 6.11. The number of nitrogens with one attached hydrogen (secondary N) is 1. The van der Waals surface area contributed by atoms with Gasteiger partial charge in [-0.25, -0.2) is 8.93 Å². The summed E-state index contributed by atoms with van der Waals surface area (Å²) < 4.78 is 49.2. The summed E-state index contributed by atoms with van der Waals surface area (Å²) in [5.74, 6) is 0. The Labute approximate surface area is 93.1 Å². The van der Waals surface area contributed by atoms with E-state index in [9.17, 15) is 27.5 Å². The number of nitrogens with zero attached hydrogens (tertiary/aromatic N) is 1. The van der Waals surface area contributed by atoms with Crippen molar-refractivity contribution >= 4 is 11.0 Å². The summed E-state index contributed by atoms with van der Waals surface area (Å²) in [6.07, 6.45) is -4.80. The molecule has 0 fully saturated rings. The molecule has 9 heteroatoms. The van der Waals surface area contributed by atoms with E-state index in [2.05, 4.69) is 0 Å². The highest BCUT2D eigenvalue weighted by atomic mass is 32.2. The highest BCUT2D eigenvalue weighted by Gasteiger charge is 2.45. The molecule has 0 bridgehead atoms. The van der Waals surface area contributed by atoms with Crippen LogP contribution in [0.4, 0.5) is 13.2 Å². The summed E-state index contributed by atoms with van der Waals surface area (Å²) in [7, 11) is -2.00. The second kappa shape index (κ2) is 5.09. The Kier molecular flexibility index (Phi) is 4.86. The first kappa shape index (κ1) is 15.3. The predicted molar refractivity (Wildman–Crippen MR) is 52.7 cm³/mol. The Morgan fingerprint density at radius 3 is 2.06 bits per heavy atom. The normalized spacial score (nSPS) is 16.9. The van der Waals surface area contributed by atoms with Gasteiger partial charge in [0.05, 0.1) is 15.7 Å². The van der Waals surface area contributed by atoms with E-state index in [-0.39, 0.29) is 0 Å².